The number of rotatable bonds is 7. The molecule has 5 nitrogen and oxygen atoms in total. The Morgan fingerprint density at radius 1 is 1.38 bits per heavy atom. The molecule has 0 aliphatic carbocycles. The third-order valence-electron chi connectivity index (χ3n) is 3.87. The second kappa shape index (κ2) is 9.18. The van der Waals surface area contributed by atoms with Crippen molar-refractivity contribution < 1.29 is 23.7 Å². The first-order chi connectivity index (χ1) is 10.0. The van der Waals surface area contributed by atoms with E-state index in [1.807, 2.05) is 6.92 Å². The average Bonchev–Trinajstić information content (AvgIpc) is 2.46. The quantitative estimate of drug-likeness (QED) is 0.534. The van der Waals surface area contributed by atoms with E-state index in [4.69, 9.17) is 18.9 Å². The number of hydrogen-bond acceptors (Lipinski definition) is 5. The van der Waals surface area contributed by atoms with Gasteiger partial charge in [0.1, 0.15) is 0 Å². The first-order valence-corrected chi connectivity index (χ1v) is 7.57. The summed E-state index contributed by atoms with van der Waals surface area (Å²) < 4.78 is 21.7. The van der Waals surface area contributed by atoms with Crippen molar-refractivity contribution in [3.63, 3.8) is 0 Å². The molecule has 122 valence electrons. The number of esters is 1. The van der Waals surface area contributed by atoms with Crippen molar-refractivity contribution in [2.24, 2.45) is 5.92 Å². The first kappa shape index (κ1) is 18.1. The zero-order valence-corrected chi connectivity index (χ0v) is 13.8. The van der Waals surface area contributed by atoms with Crippen LogP contribution in [0.5, 0.6) is 0 Å². The van der Waals surface area contributed by atoms with E-state index in [1.54, 1.807) is 21.1 Å². The summed E-state index contributed by atoms with van der Waals surface area (Å²) in [6.07, 6.45) is 4.04. The van der Waals surface area contributed by atoms with Gasteiger partial charge in [-0.25, -0.2) is 4.79 Å². The van der Waals surface area contributed by atoms with E-state index in [0.717, 1.165) is 18.4 Å². The largest absolute Gasteiger partial charge is 0.463 e. The fourth-order valence-electron chi connectivity index (χ4n) is 2.61. The fraction of sp³-hybridized carbons (Fsp3) is 0.812. The van der Waals surface area contributed by atoms with E-state index < -0.39 is 0 Å². The molecule has 0 radical (unpaired) electrons. The first-order valence-electron chi connectivity index (χ1n) is 7.57. The van der Waals surface area contributed by atoms with Crippen molar-refractivity contribution in [1.29, 1.82) is 0 Å². The lowest BCUT2D eigenvalue weighted by Gasteiger charge is -2.35. The zero-order chi connectivity index (χ0) is 15.8. The fourth-order valence-corrected chi connectivity index (χ4v) is 2.61. The normalized spacial score (nSPS) is 28.2. The Morgan fingerprint density at radius 2 is 2.10 bits per heavy atom. The molecule has 0 aromatic rings. The number of hydrogen-bond donors (Lipinski definition) is 0. The van der Waals surface area contributed by atoms with Gasteiger partial charge in [0, 0.05) is 32.6 Å². The van der Waals surface area contributed by atoms with Crippen LogP contribution in [0, 0.1) is 5.92 Å². The molecule has 0 spiro atoms. The minimum atomic E-state index is -0.329. The second-order valence-corrected chi connectivity index (χ2v) is 5.52. The lowest BCUT2D eigenvalue weighted by atomic mass is 9.94. The van der Waals surface area contributed by atoms with Crippen LogP contribution in [0.25, 0.3) is 0 Å². The topological polar surface area (TPSA) is 54.0 Å². The number of carbonyl (C=O) groups excluding carboxylic acids is 1. The van der Waals surface area contributed by atoms with Crippen molar-refractivity contribution in [3.8, 4) is 0 Å². The van der Waals surface area contributed by atoms with E-state index >= 15 is 0 Å². The van der Waals surface area contributed by atoms with Crippen molar-refractivity contribution >= 4 is 5.97 Å². The smallest absolute Gasteiger partial charge is 0.330 e. The van der Waals surface area contributed by atoms with Crippen molar-refractivity contribution in [1.82, 2.24) is 0 Å². The van der Waals surface area contributed by atoms with Gasteiger partial charge in [-0.2, -0.15) is 0 Å². The summed E-state index contributed by atoms with van der Waals surface area (Å²) in [6, 6.07) is 0. The van der Waals surface area contributed by atoms with Gasteiger partial charge in [-0.1, -0.05) is 6.92 Å². The van der Waals surface area contributed by atoms with Gasteiger partial charge in [0.2, 0.25) is 0 Å². The molecule has 5 heteroatoms. The van der Waals surface area contributed by atoms with E-state index in [0.29, 0.717) is 18.9 Å². The van der Waals surface area contributed by atoms with Gasteiger partial charge < -0.3 is 18.9 Å². The third kappa shape index (κ3) is 5.77. The Balaban J connectivity index is 2.59. The highest BCUT2D eigenvalue weighted by Gasteiger charge is 2.30. The summed E-state index contributed by atoms with van der Waals surface area (Å²) in [5, 5.41) is 0. The summed E-state index contributed by atoms with van der Waals surface area (Å²) in [7, 11) is 3.32. The summed E-state index contributed by atoms with van der Waals surface area (Å²) in [4.78, 5) is 11.5. The van der Waals surface area contributed by atoms with Gasteiger partial charge in [-0.15, -0.1) is 0 Å². The molecule has 1 aliphatic rings. The molecule has 1 aliphatic heterocycles. The molecule has 4 atom stereocenters. The zero-order valence-electron chi connectivity index (χ0n) is 13.8. The Kier molecular flexibility index (Phi) is 7.93. The molecule has 0 unspecified atom stereocenters. The summed E-state index contributed by atoms with van der Waals surface area (Å²) in [6.45, 7) is 6.17. The van der Waals surface area contributed by atoms with Crippen LogP contribution in [0.3, 0.4) is 0 Å². The van der Waals surface area contributed by atoms with Crippen molar-refractivity contribution in [2.75, 3.05) is 20.8 Å². The van der Waals surface area contributed by atoms with Gasteiger partial charge in [0.15, 0.2) is 6.29 Å². The minimum absolute atomic E-state index is 0.0849. The van der Waals surface area contributed by atoms with Gasteiger partial charge in [0.05, 0.1) is 18.8 Å². The van der Waals surface area contributed by atoms with Crippen molar-refractivity contribution in [2.45, 2.75) is 58.5 Å². The van der Waals surface area contributed by atoms with Crippen LogP contribution >= 0.6 is 0 Å². The molecule has 1 fully saturated rings. The van der Waals surface area contributed by atoms with E-state index in [1.165, 1.54) is 6.08 Å². The molecule has 21 heavy (non-hydrogen) atoms. The van der Waals surface area contributed by atoms with E-state index in [2.05, 4.69) is 6.92 Å². The lowest BCUT2D eigenvalue weighted by molar-refractivity contribution is -0.210. The average molecular weight is 300 g/mol. The van der Waals surface area contributed by atoms with E-state index in [9.17, 15) is 4.79 Å². The van der Waals surface area contributed by atoms with Crippen LogP contribution in [-0.2, 0) is 23.7 Å². The van der Waals surface area contributed by atoms with Crippen LogP contribution in [0.2, 0.25) is 0 Å². The van der Waals surface area contributed by atoms with Crippen LogP contribution < -0.4 is 0 Å². The molecule has 1 rings (SSSR count). The summed E-state index contributed by atoms with van der Waals surface area (Å²) in [5.74, 6) is 0.0772. The Hall–Kier alpha value is -0.910. The van der Waals surface area contributed by atoms with Crippen LogP contribution in [0.15, 0.2) is 11.6 Å². The molecular formula is C16H28O5. The van der Waals surface area contributed by atoms with Crippen LogP contribution in [0.4, 0.5) is 0 Å². The van der Waals surface area contributed by atoms with E-state index in [-0.39, 0.29) is 24.5 Å². The molecule has 0 bridgehead atoms. The highest BCUT2D eigenvalue weighted by molar-refractivity contribution is 5.82. The highest BCUT2D eigenvalue weighted by Crippen LogP contribution is 2.28. The SMILES string of the molecule is CCOC(=O)/C=C(\C)[C@H](C[C@@H]1CC[C@@H](C)[C@@H](OC)O1)OC. The molecule has 0 N–H and O–H groups in total. The summed E-state index contributed by atoms with van der Waals surface area (Å²) >= 11 is 0. The highest BCUT2D eigenvalue weighted by atomic mass is 16.7. The third-order valence-corrected chi connectivity index (χ3v) is 3.87. The van der Waals surface area contributed by atoms with Gasteiger partial charge in [-0.05, 0) is 32.3 Å². The summed E-state index contributed by atoms with van der Waals surface area (Å²) in [5.41, 5.74) is 0.854. The lowest BCUT2D eigenvalue weighted by Crippen LogP contribution is -2.37. The number of methoxy groups -OCH3 is 2. The number of carbonyl (C=O) groups is 1. The van der Waals surface area contributed by atoms with Crippen LogP contribution in [0.1, 0.15) is 40.0 Å². The van der Waals surface area contributed by atoms with Gasteiger partial charge >= 0.3 is 5.97 Å². The van der Waals surface area contributed by atoms with Crippen molar-refractivity contribution in [3.05, 3.63) is 11.6 Å². The maximum absolute atomic E-state index is 11.5. The molecule has 1 saturated heterocycles. The molecular weight excluding hydrogens is 272 g/mol. The predicted molar refractivity (Wildman–Crippen MR) is 79.9 cm³/mol. The molecule has 0 aromatic carbocycles. The van der Waals surface area contributed by atoms with Crippen LogP contribution in [-0.4, -0.2) is 45.3 Å². The predicted octanol–water partition coefficient (Wildman–Crippen LogP) is 2.69. The molecule has 0 saturated carbocycles. The monoisotopic (exact) mass is 300 g/mol. The molecule has 1 heterocycles. The maximum Gasteiger partial charge on any atom is 0.330 e. The Labute approximate surface area is 127 Å². The minimum Gasteiger partial charge on any atom is -0.463 e. The molecule has 0 aromatic heterocycles. The molecule has 0 amide bonds. The van der Waals surface area contributed by atoms with Gasteiger partial charge in [-0.3, -0.25) is 0 Å². The standard InChI is InChI=1S/C16H28O5/c1-6-20-15(17)9-12(3)14(18-4)10-13-8-7-11(2)16(19-5)21-13/h9,11,13-14,16H,6-8,10H2,1-5H3/b12-9+/t11-,13+,14+,16+/m1/s1. The Bertz CT molecular complexity index is 353. The Morgan fingerprint density at radius 3 is 2.67 bits per heavy atom. The second-order valence-electron chi connectivity index (χ2n) is 5.52. The maximum atomic E-state index is 11.5. The number of ether oxygens (including phenoxy) is 4. The van der Waals surface area contributed by atoms with Gasteiger partial charge in [0.25, 0.3) is 0 Å².